The maximum atomic E-state index is 6.42. The molecule has 0 aliphatic heterocycles. The molecule has 68 heavy (non-hydrogen) atoms. The predicted octanol–water partition coefficient (Wildman–Crippen LogP) is 17.3. The molecule has 0 atom stereocenters. The lowest BCUT2D eigenvalue weighted by Gasteiger charge is -2.13. The van der Waals surface area contributed by atoms with Crippen LogP contribution >= 0.6 is 0 Å². The summed E-state index contributed by atoms with van der Waals surface area (Å²) in [6, 6.07) is 84.5. The average Bonchev–Trinajstić information content (AvgIpc) is 3.97. The van der Waals surface area contributed by atoms with E-state index < -0.39 is 0 Å². The Morgan fingerprint density at radius 3 is 1.38 bits per heavy atom. The minimum absolute atomic E-state index is 0.669. The molecule has 3 heterocycles. The molecule has 0 N–H and O–H groups in total. The molecule has 0 bridgehead atoms. The Hall–Kier alpha value is -9.12. The molecule has 0 aliphatic rings. The van der Waals surface area contributed by atoms with Gasteiger partial charge in [0.05, 0.1) is 22.4 Å². The van der Waals surface area contributed by atoms with E-state index in [4.69, 9.17) is 14.4 Å². The van der Waals surface area contributed by atoms with Gasteiger partial charge in [-0.25, -0.2) is 9.97 Å². The molecule has 0 radical (unpaired) electrons. The van der Waals surface area contributed by atoms with E-state index in [-0.39, 0.29) is 0 Å². The molecule has 14 rings (SSSR count). The minimum atomic E-state index is 0.669. The van der Waals surface area contributed by atoms with Crippen LogP contribution in [0.25, 0.3) is 138 Å². The zero-order valence-corrected chi connectivity index (χ0v) is 36.8. The van der Waals surface area contributed by atoms with Gasteiger partial charge in [0, 0.05) is 49.5 Å². The normalized spacial score (nSPS) is 11.8. The van der Waals surface area contributed by atoms with E-state index in [0.717, 1.165) is 72.4 Å². The molecule has 4 heteroatoms. The molecule has 316 valence electrons. The number of hydrogen-bond acceptors (Lipinski definition) is 3. The molecule has 0 spiro atoms. The van der Waals surface area contributed by atoms with Crippen LogP contribution < -0.4 is 0 Å². The van der Waals surface area contributed by atoms with Crippen LogP contribution in [-0.2, 0) is 0 Å². The van der Waals surface area contributed by atoms with Crippen molar-refractivity contribution in [3.8, 4) is 61.8 Å². The highest BCUT2D eigenvalue weighted by Gasteiger charge is 2.17. The summed E-state index contributed by atoms with van der Waals surface area (Å²) in [6.07, 6.45) is 0. The highest BCUT2D eigenvalue weighted by atomic mass is 16.3. The maximum Gasteiger partial charge on any atom is 0.160 e. The van der Waals surface area contributed by atoms with Gasteiger partial charge in [0.25, 0.3) is 0 Å². The van der Waals surface area contributed by atoms with Crippen molar-refractivity contribution in [1.82, 2.24) is 14.5 Å². The maximum absolute atomic E-state index is 6.42. The van der Waals surface area contributed by atoms with Crippen LogP contribution in [0.2, 0.25) is 0 Å². The largest absolute Gasteiger partial charge is 0.455 e. The number of para-hydroxylation sites is 4. The molecule has 0 fully saturated rings. The first-order chi connectivity index (χ1) is 33.7. The Morgan fingerprint density at radius 2 is 0.750 bits per heavy atom. The van der Waals surface area contributed by atoms with E-state index >= 15 is 0 Å². The van der Waals surface area contributed by atoms with Crippen molar-refractivity contribution in [1.29, 1.82) is 0 Å². The summed E-state index contributed by atoms with van der Waals surface area (Å²) < 4.78 is 8.77. The topological polar surface area (TPSA) is 43.9 Å². The summed E-state index contributed by atoms with van der Waals surface area (Å²) in [5.74, 6) is 0.669. The van der Waals surface area contributed by atoms with E-state index in [2.05, 4.69) is 229 Å². The number of nitrogens with zero attached hydrogens (tertiary/aromatic N) is 3. The van der Waals surface area contributed by atoms with Crippen molar-refractivity contribution >= 4 is 76.1 Å². The van der Waals surface area contributed by atoms with E-state index in [1.165, 1.54) is 59.7 Å². The molecule has 14 aromatic rings. The van der Waals surface area contributed by atoms with E-state index in [1.807, 2.05) is 12.1 Å². The third kappa shape index (κ3) is 6.08. The first kappa shape index (κ1) is 38.2. The molecule has 3 aromatic heterocycles. The van der Waals surface area contributed by atoms with Gasteiger partial charge in [-0.1, -0.05) is 194 Å². The first-order valence-corrected chi connectivity index (χ1v) is 23.1. The van der Waals surface area contributed by atoms with Crippen molar-refractivity contribution in [3.63, 3.8) is 0 Å². The highest BCUT2D eigenvalue weighted by molar-refractivity contribution is 6.25. The SMILES string of the molecule is c1ccc2c(c1)oc1c(-c3ccc(-c4cc(-c5ccc(-n6c7ccccc7c7ccccc76)cc5)nc(-c5ccc(-c6ccc7c8ccccc8c8ccccc8c7c6)cc5)n4)cc3)cccc12. The summed E-state index contributed by atoms with van der Waals surface area (Å²) in [4.78, 5) is 10.6. The third-order valence-electron chi connectivity index (χ3n) is 13.8. The predicted molar refractivity (Wildman–Crippen MR) is 283 cm³/mol. The fourth-order valence-electron chi connectivity index (χ4n) is 10.5. The van der Waals surface area contributed by atoms with Crippen LogP contribution in [0, 0.1) is 0 Å². The van der Waals surface area contributed by atoms with Gasteiger partial charge in [0.1, 0.15) is 11.2 Å². The molecule has 0 aliphatic carbocycles. The van der Waals surface area contributed by atoms with Gasteiger partial charge in [-0.3, -0.25) is 0 Å². The highest BCUT2D eigenvalue weighted by Crippen LogP contribution is 2.40. The van der Waals surface area contributed by atoms with Crippen molar-refractivity contribution in [3.05, 3.63) is 237 Å². The van der Waals surface area contributed by atoms with Gasteiger partial charge in [0.15, 0.2) is 5.82 Å². The summed E-state index contributed by atoms with van der Waals surface area (Å²) >= 11 is 0. The quantitative estimate of drug-likeness (QED) is 0.156. The lowest BCUT2D eigenvalue weighted by atomic mass is 9.92. The molecule has 4 nitrogen and oxygen atoms in total. The minimum Gasteiger partial charge on any atom is -0.455 e. The summed E-state index contributed by atoms with van der Waals surface area (Å²) in [6.45, 7) is 0. The van der Waals surface area contributed by atoms with E-state index in [9.17, 15) is 0 Å². The monoisotopic (exact) mass is 865 g/mol. The van der Waals surface area contributed by atoms with Gasteiger partial charge < -0.3 is 8.98 Å². The molecule has 0 unspecified atom stereocenters. The van der Waals surface area contributed by atoms with Crippen LogP contribution in [-0.4, -0.2) is 14.5 Å². The zero-order chi connectivity index (χ0) is 44.7. The lowest BCUT2D eigenvalue weighted by Crippen LogP contribution is -1.97. The van der Waals surface area contributed by atoms with Gasteiger partial charge in [0.2, 0.25) is 0 Å². The van der Waals surface area contributed by atoms with Crippen molar-refractivity contribution in [2.24, 2.45) is 0 Å². The standard InChI is InChI=1S/C64H39N3O/c1-2-14-50-48(12-1)49-13-3-4-15-51(49)57-38-45(34-37-52(50)57)40-24-30-44(31-25-40)64-65-58(42-28-26-41(27-29-42)47-19-11-20-56-55-18-7-10-23-62(55)68-63(47)56)39-59(66-64)43-32-35-46(36-33-43)67-60-21-8-5-16-53(60)54-17-6-9-22-61(54)67/h1-39H. The van der Waals surface area contributed by atoms with E-state index in [1.54, 1.807) is 0 Å². The first-order valence-electron chi connectivity index (χ1n) is 23.1. The Morgan fingerprint density at radius 1 is 0.294 bits per heavy atom. The zero-order valence-electron chi connectivity index (χ0n) is 36.8. The third-order valence-corrected chi connectivity index (χ3v) is 13.8. The van der Waals surface area contributed by atoms with Crippen LogP contribution in [0.15, 0.2) is 241 Å². The average molecular weight is 866 g/mol. The summed E-state index contributed by atoms with van der Waals surface area (Å²) in [5, 5.41) is 12.3. The van der Waals surface area contributed by atoms with Crippen molar-refractivity contribution in [2.45, 2.75) is 0 Å². The van der Waals surface area contributed by atoms with E-state index in [0.29, 0.717) is 5.82 Å². The Balaban J connectivity index is 0.867. The Labute approximate surface area is 391 Å². The van der Waals surface area contributed by atoms with Crippen LogP contribution in [0.4, 0.5) is 0 Å². The van der Waals surface area contributed by atoms with Crippen molar-refractivity contribution < 1.29 is 4.42 Å². The number of hydrogen-bond donors (Lipinski definition) is 0. The number of aromatic nitrogens is 3. The van der Waals surface area contributed by atoms with Gasteiger partial charge >= 0.3 is 0 Å². The second-order valence-electron chi connectivity index (χ2n) is 17.7. The summed E-state index contributed by atoms with van der Waals surface area (Å²) in [5.41, 5.74) is 14.4. The van der Waals surface area contributed by atoms with Gasteiger partial charge in [-0.2, -0.15) is 0 Å². The molecular formula is C64H39N3O. The molecule has 0 saturated carbocycles. The fourth-order valence-corrected chi connectivity index (χ4v) is 10.5. The number of benzene rings is 11. The van der Waals surface area contributed by atoms with Crippen LogP contribution in [0.1, 0.15) is 0 Å². The van der Waals surface area contributed by atoms with Crippen LogP contribution in [0.3, 0.4) is 0 Å². The van der Waals surface area contributed by atoms with Crippen LogP contribution in [0.5, 0.6) is 0 Å². The molecule has 11 aromatic carbocycles. The van der Waals surface area contributed by atoms with Gasteiger partial charge in [-0.15, -0.1) is 0 Å². The fraction of sp³-hybridized carbons (Fsp3) is 0. The Kier molecular flexibility index (Phi) is 8.55. The molecule has 0 saturated heterocycles. The van der Waals surface area contributed by atoms with Gasteiger partial charge in [-0.05, 0) is 91.5 Å². The number of rotatable bonds is 6. The summed E-state index contributed by atoms with van der Waals surface area (Å²) in [7, 11) is 0. The Bertz CT molecular complexity index is 4210. The number of fused-ring (bicyclic) bond motifs is 12. The number of furan rings is 1. The lowest BCUT2D eigenvalue weighted by molar-refractivity contribution is 0.670. The molecular weight excluding hydrogens is 827 g/mol. The second-order valence-corrected chi connectivity index (χ2v) is 17.7. The van der Waals surface area contributed by atoms with Crippen molar-refractivity contribution in [2.75, 3.05) is 0 Å². The second kappa shape index (κ2) is 15.2. The molecule has 0 amide bonds. The smallest absolute Gasteiger partial charge is 0.160 e.